The summed E-state index contributed by atoms with van der Waals surface area (Å²) >= 11 is 3.34. The maximum Gasteiger partial charge on any atom is 0.224 e. The summed E-state index contributed by atoms with van der Waals surface area (Å²) in [5.74, 6) is 0.368. The fourth-order valence-electron chi connectivity index (χ4n) is 1.82. The number of hydrogen-bond donors (Lipinski definition) is 2. The first kappa shape index (κ1) is 17.7. The third-order valence-electron chi connectivity index (χ3n) is 2.83. The average Bonchev–Trinajstić information content (AvgIpc) is 2.40. The minimum atomic E-state index is 0.0107. The summed E-state index contributed by atoms with van der Waals surface area (Å²) in [6, 6.07) is 7.19. The number of carbonyl (C=O) groups is 2. The van der Waals surface area contributed by atoms with Crippen LogP contribution in [-0.2, 0) is 9.59 Å². The topological polar surface area (TPSA) is 58.2 Å². The Bertz CT molecular complexity index is 458. The van der Waals surface area contributed by atoms with Crippen molar-refractivity contribution in [2.45, 2.75) is 39.5 Å². The van der Waals surface area contributed by atoms with Gasteiger partial charge < -0.3 is 10.6 Å². The Morgan fingerprint density at radius 2 is 1.52 bits per heavy atom. The number of amides is 2. The molecule has 0 fully saturated rings. The molecule has 0 saturated carbocycles. The van der Waals surface area contributed by atoms with Crippen molar-refractivity contribution in [3.8, 4) is 0 Å². The van der Waals surface area contributed by atoms with Gasteiger partial charge >= 0.3 is 0 Å². The van der Waals surface area contributed by atoms with E-state index in [1.165, 1.54) is 0 Å². The summed E-state index contributed by atoms with van der Waals surface area (Å²) in [4.78, 5) is 23.3. The molecule has 0 aliphatic carbocycles. The Balaban J connectivity index is 2.43. The predicted octanol–water partition coefficient (Wildman–Crippen LogP) is 4.17. The van der Waals surface area contributed by atoms with Gasteiger partial charge in [0.25, 0.3) is 0 Å². The molecule has 0 aliphatic heterocycles. The molecule has 1 rings (SSSR count). The van der Waals surface area contributed by atoms with Crippen molar-refractivity contribution >= 4 is 39.1 Å². The quantitative estimate of drug-likeness (QED) is 0.543. The van der Waals surface area contributed by atoms with Crippen LogP contribution in [0.2, 0.25) is 0 Å². The zero-order valence-corrected chi connectivity index (χ0v) is 14.2. The van der Waals surface area contributed by atoms with Crippen molar-refractivity contribution in [3.63, 3.8) is 0 Å². The number of hydrogen-bond acceptors (Lipinski definition) is 2. The second-order valence-corrected chi connectivity index (χ2v) is 6.21. The molecule has 4 nitrogen and oxygen atoms in total. The number of alkyl halides is 1. The van der Waals surface area contributed by atoms with Gasteiger partial charge in [-0.15, -0.1) is 0 Å². The molecule has 0 aliphatic rings. The van der Waals surface area contributed by atoms with E-state index < -0.39 is 0 Å². The van der Waals surface area contributed by atoms with Gasteiger partial charge in [-0.2, -0.15) is 0 Å². The summed E-state index contributed by atoms with van der Waals surface area (Å²) in [5, 5.41) is 6.61. The second-order valence-electron chi connectivity index (χ2n) is 5.42. The van der Waals surface area contributed by atoms with Crippen LogP contribution in [0, 0.1) is 5.92 Å². The average molecular weight is 355 g/mol. The smallest absolute Gasteiger partial charge is 0.224 e. The van der Waals surface area contributed by atoms with Crippen LogP contribution >= 0.6 is 15.9 Å². The Morgan fingerprint density at radius 1 is 1.00 bits per heavy atom. The van der Waals surface area contributed by atoms with Gasteiger partial charge in [-0.25, -0.2) is 0 Å². The fraction of sp³-hybridized carbons (Fsp3) is 0.500. The lowest BCUT2D eigenvalue weighted by atomic mass is 10.1. The second kappa shape index (κ2) is 9.55. The number of unbranched alkanes of at least 4 members (excludes halogenated alkanes) is 1. The van der Waals surface area contributed by atoms with Gasteiger partial charge in [-0.05, 0) is 43.0 Å². The highest BCUT2D eigenvalue weighted by Gasteiger charge is 2.06. The van der Waals surface area contributed by atoms with E-state index in [1.807, 2.05) is 13.8 Å². The maximum atomic E-state index is 11.7. The van der Waals surface area contributed by atoms with Gasteiger partial charge in [-0.1, -0.05) is 29.8 Å². The minimum Gasteiger partial charge on any atom is -0.326 e. The van der Waals surface area contributed by atoms with E-state index in [-0.39, 0.29) is 11.8 Å². The van der Waals surface area contributed by atoms with Crippen LogP contribution in [0.5, 0.6) is 0 Å². The molecule has 5 heteroatoms. The van der Waals surface area contributed by atoms with Crippen molar-refractivity contribution < 1.29 is 9.59 Å². The molecule has 0 spiro atoms. The van der Waals surface area contributed by atoms with E-state index in [1.54, 1.807) is 24.3 Å². The number of rotatable bonds is 8. The van der Waals surface area contributed by atoms with Crippen molar-refractivity contribution in [2.24, 2.45) is 5.92 Å². The first-order chi connectivity index (χ1) is 10.0. The fourth-order valence-corrected chi connectivity index (χ4v) is 2.22. The maximum absolute atomic E-state index is 11.7. The van der Waals surface area contributed by atoms with E-state index in [0.717, 1.165) is 29.5 Å². The molecule has 0 saturated heterocycles. The monoisotopic (exact) mass is 354 g/mol. The van der Waals surface area contributed by atoms with Gasteiger partial charge in [0.05, 0.1) is 0 Å². The van der Waals surface area contributed by atoms with Gasteiger partial charge in [0.1, 0.15) is 0 Å². The van der Waals surface area contributed by atoms with Gasteiger partial charge in [-0.3, -0.25) is 9.59 Å². The standard InChI is InChI=1S/C16H23BrN2O2/c1-12(2)11-16(21)19-14-8-6-13(7-9-14)18-15(20)5-3-4-10-17/h6-9,12H,3-5,10-11H2,1-2H3,(H,18,20)(H,19,21). The third-order valence-corrected chi connectivity index (χ3v) is 3.39. The van der Waals surface area contributed by atoms with Crippen LogP contribution in [0.4, 0.5) is 11.4 Å². The number of benzene rings is 1. The lowest BCUT2D eigenvalue weighted by molar-refractivity contribution is -0.117. The molecule has 0 bridgehead atoms. The zero-order chi connectivity index (χ0) is 15.7. The molecule has 2 amide bonds. The van der Waals surface area contributed by atoms with Crippen LogP contribution in [0.3, 0.4) is 0 Å². The third kappa shape index (κ3) is 7.85. The van der Waals surface area contributed by atoms with Crippen molar-refractivity contribution in [1.29, 1.82) is 0 Å². The SMILES string of the molecule is CC(C)CC(=O)Nc1ccc(NC(=O)CCCCBr)cc1. The molecular formula is C16H23BrN2O2. The largest absolute Gasteiger partial charge is 0.326 e. The summed E-state index contributed by atoms with van der Waals surface area (Å²) in [6.45, 7) is 4.02. The molecular weight excluding hydrogens is 332 g/mol. The predicted molar refractivity (Wildman–Crippen MR) is 90.8 cm³/mol. The van der Waals surface area contributed by atoms with Crippen molar-refractivity contribution in [3.05, 3.63) is 24.3 Å². The van der Waals surface area contributed by atoms with E-state index in [0.29, 0.717) is 18.8 Å². The van der Waals surface area contributed by atoms with Gasteiger partial charge in [0.15, 0.2) is 0 Å². The molecule has 0 radical (unpaired) electrons. The van der Waals surface area contributed by atoms with E-state index in [4.69, 9.17) is 0 Å². The molecule has 1 aromatic carbocycles. The van der Waals surface area contributed by atoms with Crippen LogP contribution in [0.1, 0.15) is 39.5 Å². The normalized spacial score (nSPS) is 10.5. The van der Waals surface area contributed by atoms with Crippen LogP contribution < -0.4 is 10.6 Å². The Hall–Kier alpha value is -1.36. The molecule has 1 aromatic rings. The Labute approximate surface area is 134 Å². The molecule has 0 unspecified atom stereocenters. The highest BCUT2D eigenvalue weighted by Crippen LogP contribution is 2.15. The highest BCUT2D eigenvalue weighted by molar-refractivity contribution is 9.09. The van der Waals surface area contributed by atoms with Crippen LogP contribution in [0.25, 0.3) is 0 Å². The Morgan fingerprint density at radius 3 is 2.00 bits per heavy atom. The molecule has 0 atom stereocenters. The molecule has 116 valence electrons. The van der Waals surface area contributed by atoms with Crippen molar-refractivity contribution in [2.75, 3.05) is 16.0 Å². The van der Waals surface area contributed by atoms with Gasteiger partial charge in [0, 0.05) is 29.5 Å². The number of anilines is 2. The highest BCUT2D eigenvalue weighted by atomic mass is 79.9. The zero-order valence-electron chi connectivity index (χ0n) is 12.6. The summed E-state index contributed by atoms with van der Waals surface area (Å²) < 4.78 is 0. The van der Waals surface area contributed by atoms with E-state index in [9.17, 15) is 9.59 Å². The number of halogens is 1. The lowest BCUT2D eigenvalue weighted by Gasteiger charge is -2.09. The first-order valence-corrected chi connectivity index (χ1v) is 8.39. The number of nitrogens with one attached hydrogen (secondary N) is 2. The summed E-state index contributed by atoms with van der Waals surface area (Å²) in [6.07, 6.45) is 2.90. The van der Waals surface area contributed by atoms with E-state index >= 15 is 0 Å². The number of carbonyl (C=O) groups excluding carboxylic acids is 2. The first-order valence-electron chi connectivity index (χ1n) is 7.27. The van der Waals surface area contributed by atoms with E-state index in [2.05, 4.69) is 26.6 Å². The molecule has 0 aromatic heterocycles. The minimum absolute atomic E-state index is 0.0107. The van der Waals surface area contributed by atoms with Gasteiger partial charge in [0.2, 0.25) is 11.8 Å². The summed E-state index contributed by atoms with van der Waals surface area (Å²) in [5.41, 5.74) is 1.50. The molecule has 0 heterocycles. The molecule has 21 heavy (non-hydrogen) atoms. The Kier molecular flexibility index (Phi) is 8.05. The van der Waals surface area contributed by atoms with Crippen LogP contribution in [-0.4, -0.2) is 17.1 Å². The van der Waals surface area contributed by atoms with Crippen molar-refractivity contribution in [1.82, 2.24) is 0 Å². The molecule has 2 N–H and O–H groups in total. The summed E-state index contributed by atoms with van der Waals surface area (Å²) in [7, 11) is 0. The lowest BCUT2D eigenvalue weighted by Crippen LogP contribution is -2.14. The van der Waals surface area contributed by atoms with Crippen LogP contribution in [0.15, 0.2) is 24.3 Å².